The van der Waals surface area contributed by atoms with E-state index in [9.17, 15) is 4.79 Å². The molecule has 0 bridgehead atoms. The Morgan fingerprint density at radius 3 is 3.08 bits per heavy atom. The normalized spacial score (nSPS) is 24.5. The van der Waals surface area contributed by atoms with Crippen LogP contribution in [0.25, 0.3) is 0 Å². The number of rotatable bonds is 5. The highest BCUT2D eigenvalue weighted by atomic mass is 16.5. The SMILES string of the molecule is CC(CC(=O)O)OC[C@@H]1CCCN1. The summed E-state index contributed by atoms with van der Waals surface area (Å²) in [5, 5.41) is 11.8. The van der Waals surface area contributed by atoms with E-state index in [0.717, 1.165) is 13.0 Å². The maximum atomic E-state index is 10.3. The average Bonchev–Trinajstić information content (AvgIpc) is 2.51. The van der Waals surface area contributed by atoms with E-state index in [1.807, 2.05) is 0 Å². The lowest BCUT2D eigenvalue weighted by Crippen LogP contribution is -2.29. The summed E-state index contributed by atoms with van der Waals surface area (Å²) in [6, 6.07) is 0.427. The average molecular weight is 187 g/mol. The molecule has 1 aliphatic heterocycles. The van der Waals surface area contributed by atoms with Crippen LogP contribution >= 0.6 is 0 Å². The zero-order valence-corrected chi connectivity index (χ0v) is 7.95. The summed E-state index contributed by atoms with van der Waals surface area (Å²) in [6.45, 7) is 3.48. The Kier molecular flexibility index (Phi) is 4.18. The van der Waals surface area contributed by atoms with Crippen molar-refractivity contribution in [2.45, 2.75) is 38.3 Å². The van der Waals surface area contributed by atoms with Crippen LogP contribution in [0.2, 0.25) is 0 Å². The van der Waals surface area contributed by atoms with E-state index in [4.69, 9.17) is 9.84 Å². The van der Waals surface area contributed by atoms with Gasteiger partial charge in [0.25, 0.3) is 0 Å². The van der Waals surface area contributed by atoms with Crippen molar-refractivity contribution in [3.63, 3.8) is 0 Å². The van der Waals surface area contributed by atoms with Crippen molar-refractivity contribution in [2.24, 2.45) is 0 Å². The summed E-state index contributed by atoms with van der Waals surface area (Å²) in [5.41, 5.74) is 0. The van der Waals surface area contributed by atoms with Crippen LogP contribution in [-0.2, 0) is 9.53 Å². The van der Waals surface area contributed by atoms with E-state index < -0.39 is 5.97 Å². The van der Waals surface area contributed by atoms with Gasteiger partial charge in [0.05, 0.1) is 19.1 Å². The number of aliphatic carboxylic acids is 1. The number of carbonyl (C=O) groups is 1. The van der Waals surface area contributed by atoms with E-state index in [-0.39, 0.29) is 12.5 Å². The quantitative estimate of drug-likeness (QED) is 0.662. The molecule has 2 atom stereocenters. The first kappa shape index (κ1) is 10.5. The van der Waals surface area contributed by atoms with Gasteiger partial charge in [-0.15, -0.1) is 0 Å². The fourth-order valence-corrected chi connectivity index (χ4v) is 1.48. The van der Waals surface area contributed by atoms with Crippen LogP contribution in [-0.4, -0.2) is 36.4 Å². The van der Waals surface area contributed by atoms with E-state index in [2.05, 4.69) is 5.32 Å². The number of nitrogens with one attached hydrogen (secondary N) is 1. The molecule has 0 aromatic heterocycles. The second kappa shape index (κ2) is 5.19. The number of ether oxygens (including phenoxy) is 1. The fourth-order valence-electron chi connectivity index (χ4n) is 1.48. The number of hydrogen-bond donors (Lipinski definition) is 2. The van der Waals surface area contributed by atoms with Crippen molar-refractivity contribution < 1.29 is 14.6 Å². The summed E-state index contributed by atoms with van der Waals surface area (Å²) < 4.78 is 5.39. The Morgan fingerprint density at radius 1 is 1.77 bits per heavy atom. The second-order valence-electron chi connectivity index (χ2n) is 3.54. The van der Waals surface area contributed by atoms with Crippen LogP contribution in [0.4, 0.5) is 0 Å². The molecule has 4 nitrogen and oxygen atoms in total. The van der Waals surface area contributed by atoms with Crippen LogP contribution in [0.5, 0.6) is 0 Å². The first-order chi connectivity index (χ1) is 6.18. The summed E-state index contributed by atoms with van der Waals surface area (Å²) in [4.78, 5) is 10.3. The van der Waals surface area contributed by atoms with E-state index in [0.29, 0.717) is 12.6 Å². The van der Waals surface area contributed by atoms with Gasteiger partial charge in [-0.2, -0.15) is 0 Å². The Balaban J connectivity index is 2.06. The molecule has 1 saturated heterocycles. The zero-order chi connectivity index (χ0) is 9.68. The summed E-state index contributed by atoms with van der Waals surface area (Å²) in [5.74, 6) is -0.799. The lowest BCUT2D eigenvalue weighted by atomic mass is 10.2. The minimum Gasteiger partial charge on any atom is -0.481 e. The Bertz CT molecular complexity index is 166. The van der Waals surface area contributed by atoms with Gasteiger partial charge >= 0.3 is 5.97 Å². The van der Waals surface area contributed by atoms with Crippen molar-refractivity contribution in [1.29, 1.82) is 0 Å². The van der Waals surface area contributed by atoms with Crippen LogP contribution < -0.4 is 5.32 Å². The third-order valence-corrected chi connectivity index (χ3v) is 2.21. The maximum Gasteiger partial charge on any atom is 0.305 e. The van der Waals surface area contributed by atoms with Gasteiger partial charge in [0.2, 0.25) is 0 Å². The Hall–Kier alpha value is -0.610. The minimum absolute atomic E-state index is 0.0900. The van der Waals surface area contributed by atoms with Crippen molar-refractivity contribution in [3.05, 3.63) is 0 Å². The van der Waals surface area contributed by atoms with Gasteiger partial charge in [-0.3, -0.25) is 4.79 Å². The van der Waals surface area contributed by atoms with Crippen molar-refractivity contribution in [1.82, 2.24) is 5.32 Å². The molecule has 1 fully saturated rings. The molecule has 0 spiro atoms. The molecule has 0 aromatic carbocycles. The molecule has 4 heteroatoms. The number of carboxylic acid groups (broad SMARTS) is 1. The highest BCUT2D eigenvalue weighted by Gasteiger charge is 2.16. The van der Waals surface area contributed by atoms with E-state index in [1.54, 1.807) is 6.92 Å². The zero-order valence-electron chi connectivity index (χ0n) is 7.95. The molecule has 13 heavy (non-hydrogen) atoms. The first-order valence-corrected chi connectivity index (χ1v) is 4.75. The molecule has 1 rings (SSSR count). The fraction of sp³-hybridized carbons (Fsp3) is 0.889. The summed E-state index contributed by atoms with van der Waals surface area (Å²) in [6.07, 6.45) is 2.24. The minimum atomic E-state index is -0.799. The highest BCUT2D eigenvalue weighted by molar-refractivity contribution is 5.67. The topological polar surface area (TPSA) is 58.6 Å². The Morgan fingerprint density at radius 2 is 2.54 bits per heavy atom. The van der Waals surface area contributed by atoms with E-state index >= 15 is 0 Å². The molecular formula is C9H17NO3. The highest BCUT2D eigenvalue weighted by Crippen LogP contribution is 2.07. The van der Waals surface area contributed by atoms with Crippen LogP contribution in [0.1, 0.15) is 26.2 Å². The van der Waals surface area contributed by atoms with Gasteiger partial charge in [0, 0.05) is 6.04 Å². The summed E-state index contributed by atoms with van der Waals surface area (Å²) in [7, 11) is 0. The van der Waals surface area contributed by atoms with Crippen LogP contribution in [0, 0.1) is 0 Å². The smallest absolute Gasteiger partial charge is 0.305 e. The van der Waals surface area contributed by atoms with Crippen molar-refractivity contribution in [2.75, 3.05) is 13.2 Å². The lowest BCUT2D eigenvalue weighted by molar-refractivity contribution is -0.139. The largest absolute Gasteiger partial charge is 0.481 e. The molecule has 1 aliphatic rings. The standard InChI is InChI=1S/C9H17NO3/c1-7(5-9(11)12)13-6-8-3-2-4-10-8/h7-8,10H,2-6H2,1H3,(H,11,12)/t7?,8-/m0/s1. The van der Waals surface area contributed by atoms with Crippen molar-refractivity contribution in [3.8, 4) is 0 Å². The molecule has 0 amide bonds. The third kappa shape index (κ3) is 4.24. The molecule has 1 heterocycles. The molecule has 0 aromatic rings. The van der Waals surface area contributed by atoms with Crippen LogP contribution in [0.15, 0.2) is 0 Å². The first-order valence-electron chi connectivity index (χ1n) is 4.75. The number of carboxylic acids is 1. The predicted molar refractivity (Wildman–Crippen MR) is 48.7 cm³/mol. The molecule has 0 radical (unpaired) electrons. The number of hydrogen-bond acceptors (Lipinski definition) is 3. The van der Waals surface area contributed by atoms with Crippen molar-refractivity contribution >= 4 is 5.97 Å². The van der Waals surface area contributed by atoms with Gasteiger partial charge < -0.3 is 15.2 Å². The van der Waals surface area contributed by atoms with Gasteiger partial charge in [-0.1, -0.05) is 0 Å². The monoisotopic (exact) mass is 187 g/mol. The van der Waals surface area contributed by atoms with Gasteiger partial charge in [-0.25, -0.2) is 0 Å². The molecule has 76 valence electrons. The lowest BCUT2D eigenvalue weighted by Gasteiger charge is -2.14. The molecule has 0 aliphatic carbocycles. The maximum absolute atomic E-state index is 10.3. The predicted octanol–water partition coefficient (Wildman–Crippen LogP) is 0.618. The van der Waals surface area contributed by atoms with Gasteiger partial charge in [0.1, 0.15) is 0 Å². The second-order valence-corrected chi connectivity index (χ2v) is 3.54. The van der Waals surface area contributed by atoms with Crippen LogP contribution in [0.3, 0.4) is 0 Å². The molecule has 0 saturated carbocycles. The van der Waals surface area contributed by atoms with Gasteiger partial charge in [-0.05, 0) is 26.3 Å². The van der Waals surface area contributed by atoms with Gasteiger partial charge in [0.15, 0.2) is 0 Å². The van der Waals surface area contributed by atoms with E-state index in [1.165, 1.54) is 6.42 Å². The molecule has 1 unspecified atom stereocenters. The molecule has 2 N–H and O–H groups in total. The third-order valence-electron chi connectivity index (χ3n) is 2.21. The Labute approximate surface area is 78.3 Å². The molecular weight excluding hydrogens is 170 g/mol. The summed E-state index contributed by atoms with van der Waals surface area (Å²) >= 11 is 0.